The molecule has 2 heterocycles. The Bertz CT molecular complexity index is 913. The number of nitriles is 1. The summed E-state index contributed by atoms with van der Waals surface area (Å²) < 4.78 is 15.5. The van der Waals surface area contributed by atoms with Crippen LogP contribution in [0.5, 0.6) is 11.5 Å². The summed E-state index contributed by atoms with van der Waals surface area (Å²) in [7, 11) is 0. The van der Waals surface area contributed by atoms with E-state index in [2.05, 4.69) is 5.32 Å². The molecule has 0 unspecified atom stereocenters. The number of nitrogens with one attached hydrogen (secondary N) is 1. The lowest BCUT2D eigenvalue weighted by molar-refractivity contribution is -0.115. The third-order valence-corrected chi connectivity index (χ3v) is 4.96. The topological polar surface area (TPSA) is 97.7 Å². The van der Waals surface area contributed by atoms with Gasteiger partial charge in [-0.25, -0.2) is 4.79 Å². The van der Waals surface area contributed by atoms with E-state index in [1.54, 1.807) is 32.0 Å². The molecule has 0 spiro atoms. The fourth-order valence-electron chi connectivity index (χ4n) is 2.53. The van der Waals surface area contributed by atoms with Crippen molar-refractivity contribution in [1.82, 2.24) is 0 Å². The highest BCUT2D eigenvalue weighted by molar-refractivity contribution is 7.18. The number of hydrogen-bond donors (Lipinski definition) is 1. The summed E-state index contributed by atoms with van der Waals surface area (Å²) in [6, 6.07) is 7.31. The molecule has 134 valence electrons. The number of fused-ring (bicyclic) bond motifs is 1. The van der Waals surface area contributed by atoms with Gasteiger partial charge in [-0.2, -0.15) is 5.26 Å². The maximum atomic E-state index is 12.4. The van der Waals surface area contributed by atoms with Crippen LogP contribution in [0.15, 0.2) is 18.2 Å². The molecule has 1 aromatic heterocycles. The second-order valence-corrected chi connectivity index (χ2v) is 6.53. The Morgan fingerprint density at radius 2 is 2.12 bits per heavy atom. The molecule has 0 saturated heterocycles. The van der Waals surface area contributed by atoms with E-state index >= 15 is 0 Å². The highest BCUT2D eigenvalue weighted by Crippen LogP contribution is 2.34. The third kappa shape index (κ3) is 3.48. The van der Waals surface area contributed by atoms with Gasteiger partial charge in [0.05, 0.1) is 18.6 Å². The Morgan fingerprint density at radius 3 is 2.85 bits per heavy atom. The van der Waals surface area contributed by atoms with Gasteiger partial charge in [-0.05, 0) is 37.1 Å². The Hall–Kier alpha value is -3.05. The van der Waals surface area contributed by atoms with Gasteiger partial charge in [0.1, 0.15) is 15.9 Å². The quantitative estimate of drug-likeness (QED) is 0.810. The Labute approximate surface area is 154 Å². The highest BCUT2D eigenvalue weighted by Gasteiger charge is 2.22. The summed E-state index contributed by atoms with van der Waals surface area (Å²) in [5.41, 5.74) is 1.54. The largest absolute Gasteiger partial charge is 0.462 e. The number of rotatable bonds is 5. The zero-order chi connectivity index (χ0) is 18.7. The van der Waals surface area contributed by atoms with Crippen LogP contribution in [-0.4, -0.2) is 25.3 Å². The van der Waals surface area contributed by atoms with Gasteiger partial charge >= 0.3 is 5.97 Å². The number of ether oxygens (including phenoxy) is 3. The molecule has 1 aromatic carbocycles. The standard InChI is InChI=1S/C18H16N2O5S/c1-3-23-18(22)16-10(2)12(8-19)17(26-16)20-15(21)7-11-4-5-13-14(6-11)25-9-24-13/h4-6H,3,7,9H2,1-2H3,(H,20,21). The van der Waals surface area contributed by atoms with Crippen molar-refractivity contribution in [3.63, 3.8) is 0 Å². The molecule has 0 bridgehead atoms. The van der Waals surface area contributed by atoms with E-state index in [-0.39, 0.29) is 31.3 Å². The Kier molecular flexibility index (Phi) is 5.09. The van der Waals surface area contributed by atoms with Gasteiger partial charge in [0.15, 0.2) is 11.5 Å². The minimum absolute atomic E-state index is 0.104. The number of esters is 1. The van der Waals surface area contributed by atoms with E-state index in [0.717, 1.165) is 16.9 Å². The number of carbonyl (C=O) groups is 2. The smallest absolute Gasteiger partial charge is 0.348 e. The fraction of sp³-hybridized carbons (Fsp3) is 0.278. The molecule has 1 N–H and O–H groups in total. The summed E-state index contributed by atoms with van der Waals surface area (Å²) in [6.45, 7) is 3.78. The van der Waals surface area contributed by atoms with Crippen LogP contribution >= 0.6 is 11.3 Å². The number of nitrogens with zero attached hydrogens (tertiary/aromatic N) is 1. The zero-order valence-electron chi connectivity index (χ0n) is 14.3. The number of carbonyl (C=O) groups excluding carboxylic acids is 2. The van der Waals surface area contributed by atoms with Gasteiger partial charge in [-0.15, -0.1) is 11.3 Å². The number of anilines is 1. The second kappa shape index (κ2) is 7.45. The molecule has 7 nitrogen and oxygen atoms in total. The molecule has 1 aliphatic rings. The lowest BCUT2D eigenvalue weighted by Crippen LogP contribution is -2.14. The molecule has 8 heteroatoms. The summed E-state index contributed by atoms with van der Waals surface area (Å²) in [6.07, 6.45) is 0.104. The summed E-state index contributed by atoms with van der Waals surface area (Å²) in [4.78, 5) is 24.7. The van der Waals surface area contributed by atoms with Crippen LogP contribution in [0.3, 0.4) is 0 Å². The van der Waals surface area contributed by atoms with Gasteiger partial charge in [-0.1, -0.05) is 6.07 Å². The first-order valence-electron chi connectivity index (χ1n) is 7.92. The number of hydrogen-bond acceptors (Lipinski definition) is 7. The SMILES string of the molecule is CCOC(=O)c1sc(NC(=O)Cc2ccc3c(c2)OCO3)c(C#N)c1C. The molecule has 0 atom stereocenters. The first-order valence-corrected chi connectivity index (χ1v) is 8.74. The third-order valence-electron chi connectivity index (χ3n) is 3.77. The Balaban J connectivity index is 1.76. The van der Waals surface area contributed by atoms with Crippen molar-refractivity contribution in [1.29, 1.82) is 5.26 Å². The van der Waals surface area contributed by atoms with E-state index in [4.69, 9.17) is 14.2 Å². The first-order chi connectivity index (χ1) is 12.5. The van der Waals surface area contributed by atoms with E-state index in [1.165, 1.54) is 0 Å². The van der Waals surface area contributed by atoms with E-state index < -0.39 is 5.97 Å². The second-order valence-electron chi connectivity index (χ2n) is 5.51. The average molecular weight is 372 g/mol. The minimum Gasteiger partial charge on any atom is -0.462 e. The van der Waals surface area contributed by atoms with Crippen molar-refractivity contribution in [2.45, 2.75) is 20.3 Å². The van der Waals surface area contributed by atoms with Crippen molar-refractivity contribution < 1.29 is 23.8 Å². The summed E-state index contributed by atoms with van der Waals surface area (Å²) in [5, 5.41) is 12.4. The van der Waals surface area contributed by atoms with Crippen LogP contribution in [-0.2, 0) is 16.0 Å². The van der Waals surface area contributed by atoms with Gasteiger partial charge < -0.3 is 19.5 Å². The molecule has 26 heavy (non-hydrogen) atoms. The van der Waals surface area contributed by atoms with E-state index in [1.807, 2.05) is 6.07 Å². The van der Waals surface area contributed by atoms with Crippen molar-refractivity contribution >= 4 is 28.2 Å². The maximum Gasteiger partial charge on any atom is 0.348 e. The normalized spacial score (nSPS) is 11.7. The van der Waals surface area contributed by atoms with Gasteiger partial charge in [-0.3, -0.25) is 4.79 Å². The van der Waals surface area contributed by atoms with Crippen molar-refractivity contribution in [2.75, 3.05) is 18.7 Å². The molecule has 0 fully saturated rings. The first kappa shape index (κ1) is 17.8. The van der Waals surface area contributed by atoms with Gasteiger partial charge in [0, 0.05) is 0 Å². The molecule has 1 amide bonds. The number of thiophene rings is 1. The Morgan fingerprint density at radius 1 is 1.35 bits per heavy atom. The molecule has 0 radical (unpaired) electrons. The monoisotopic (exact) mass is 372 g/mol. The lowest BCUT2D eigenvalue weighted by Gasteiger charge is -2.05. The fourth-order valence-corrected chi connectivity index (χ4v) is 3.60. The van der Waals surface area contributed by atoms with Gasteiger partial charge in [0.25, 0.3) is 0 Å². The average Bonchev–Trinajstić information content (AvgIpc) is 3.18. The van der Waals surface area contributed by atoms with E-state index in [9.17, 15) is 14.9 Å². The number of amides is 1. The van der Waals surface area contributed by atoms with Crippen molar-refractivity contribution in [3.05, 3.63) is 39.8 Å². The number of benzene rings is 1. The molecule has 3 rings (SSSR count). The highest BCUT2D eigenvalue weighted by atomic mass is 32.1. The molecule has 1 aliphatic heterocycles. The van der Waals surface area contributed by atoms with Gasteiger partial charge in [0.2, 0.25) is 12.7 Å². The zero-order valence-corrected chi connectivity index (χ0v) is 15.1. The van der Waals surface area contributed by atoms with Crippen molar-refractivity contribution in [2.24, 2.45) is 0 Å². The van der Waals surface area contributed by atoms with E-state index in [0.29, 0.717) is 26.9 Å². The summed E-state index contributed by atoms with van der Waals surface area (Å²) in [5.74, 6) is 0.457. The lowest BCUT2D eigenvalue weighted by atomic mass is 10.1. The van der Waals surface area contributed by atoms with Crippen molar-refractivity contribution in [3.8, 4) is 17.6 Å². The van der Waals surface area contributed by atoms with Crippen LogP contribution in [0.25, 0.3) is 0 Å². The predicted octanol–water partition coefficient (Wildman–Crippen LogP) is 3.01. The molecule has 2 aromatic rings. The predicted molar refractivity (Wildman–Crippen MR) is 94.6 cm³/mol. The van der Waals surface area contributed by atoms with Crippen LogP contribution in [0.1, 0.15) is 33.3 Å². The van der Waals surface area contributed by atoms with Crippen LogP contribution in [0.2, 0.25) is 0 Å². The molecular formula is C18H16N2O5S. The van der Waals surface area contributed by atoms with Crippen LogP contribution in [0, 0.1) is 18.3 Å². The van der Waals surface area contributed by atoms with Crippen LogP contribution < -0.4 is 14.8 Å². The molecule has 0 saturated carbocycles. The minimum atomic E-state index is -0.497. The molecular weight excluding hydrogens is 356 g/mol. The molecule has 0 aliphatic carbocycles. The van der Waals surface area contributed by atoms with Crippen LogP contribution in [0.4, 0.5) is 5.00 Å². The maximum absolute atomic E-state index is 12.4. The summed E-state index contributed by atoms with van der Waals surface area (Å²) >= 11 is 1.04.